The molecule has 1 aromatic heterocycles. The Morgan fingerprint density at radius 2 is 1.50 bits per heavy atom. The highest BCUT2D eigenvalue weighted by molar-refractivity contribution is 7.89. The van der Waals surface area contributed by atoms with Gasteiger partial charge in [-0.15, -0.1) is 0 Å². The van der Waals surface area contributed by atoms with E-state index in [1.54, 1.807) is 53.7 Å². The number of amides is 1. The van der Waals surface area contributed by atoms with Gasteiger partial charge < -0.3 is 4.90 Å². The van der Waals surface area contributed by atoms with E-state index in [1.165, 1.54) is 4.31 Å². The predicted octanol–water partition coefficient (Wildman–Crippen LogP) is 4.59. The highest BCUT2D eigenvalue weighted by atomic mass is 35.5. The number of sulfonamides is 1. The number of aromatic nitrogens is 1. The maximum absolute atomic E-state index is 13.2. The van der Waals surface area contributed by atoms with Crippen molar-refractivity contribution >= 4 is 38.3 Å². The lowest BCUT2D eigenvalue weighted by molar-refractivity contribution is -0.134. The monoisotopic (exact) mass is 491 g/mol. The third kappa shape index (κ3) is 4.55. The minimum atomic E-state index is -3.78. The van der Waals surface area contributed by atoms with Crippen molar-refractivity contribution in [3.8, 4) is 11.1 Å². The second-order valence-corrected chi connectivity index (χ2v) is 10.6. The van der Waals surface area contributed by atoms with E-state index in [0.717, 1.165) is 27.5 Å². The fraction of sp³-hybridized carbons (Fsp3) is 0.154. The van der Waals surface area contributed by atoms with Gasteiger partial charge in [0.1, 0.15) is 0 Å². The molecule has 0 unspecified atom stereocenters. The van der Waals surface area contributed by atoms with Crippen LogP contribution in [0.2, 0.25) is 5.02 Å². The topological polar surface area (TPSA) is 70.6 Å². The zero-order chi connectivity index (χ0) is 23.7. The number of halogens is 1. The van der Waals surface area contributed by atoms with Crippen molar-refractivity contribution in [1.29, 1.82) is 0 Å². The molecule has 0 atom stereocenters. The summed E-state index contributed by atoms with van der Waals surface area (Å²) in [6.07, 6.45) is 3.51. The van der Waals surface area contributed by atoms with Gasteiger partial charge in [0.2, 0.25) is 15.9 Å². The van der Waals surface area contributed by atoms with Gasteiger partial charge in [-0.1, -0.05) is 48.0 Å². The SMILES string of the molecule is O=C1CN(S(=O)(=O)c2ccc3cc(Cl)ccc3c2)CCN1Cc1ccc(-c2ccncc2)cc1. The smallest absolute Gasteiger partial charge is 0.243 e. The van der Waals surface area contributed by atoms with Crippen LogP contribution in [0.5, 0.6) is 0 Å². The summed E-state index contributed by atoms with van der Waals surface area (Å²) in [6.45, 7) is 0.866. The van der Waals surface area contributed by atoms with E-state index in [4.69, 9.17) is 11.6 Å². The Bertz CT molecular complexity index is 1460. The van der Waals surface area contributed by atoms with Crippen LogP contribution in [-0.2, 0) is 21.4 Å². The molecule has 1 fully saturated rings. The lowest BCUT2D eigenvalue weighted by Crippen LogP contribution is -2.51. The maximum atomic E-state index is 13.2. The van der Waals surface area contributed by atoms with Crippen molar-refractivity contribution in [3.63, 3.8) is 0 Å². The van der Waals surface area contributed by atoms with Gasteiger partial charge in [0, 0.05) is 37.1 Å². The summed E-state index contributed by atoms with van der Waals surface area (Å²) >= 11 is 6.02. The summed E-state index contributed by atoms with van der Waals surface area (Å²) in [7, 11) is -3.78. The summed E-state index contributed by atoms with van der Waals surface area (Å²) in [6, 6.07) is 22.2. The number of fused-ring (bicyclic) bond motifs is 1. The lowest BCUT2D eigenvalue weighted by atomic mass is 10.0. The first-order valence-electron chi connectivity index (χ1n) is 10.9. The standard InChI is InChI=1S/C26H22ClN3O3S/c27-24-7-5-23-16-25(8-6-22(23)15-24)34(32,33)30-14-13-29(26(31)18-30)17-19-1-3-20(4-2-19)21-9-11-28-12-10-21/h1-12,15-16H,13-14,17-18H2. The predicted molar refractivity (Wildman–Crippen MR) is 133 cm³/mol. The minimum Gasteiger partial charge on any atom is -0.336 e. The molecule has 1 saturated heterocycles. The molecule has 0 bridgehead atoms. The molecule has 4 aromatic rings. The van der Waals surface area contributed by atoms with E-state index in [-0.39, 0.29) is 23.9 Å². The number of carbonyl (C=O) groups is 1. The van der Waals surface area contributed by atoms with Crippen LogP contribution in [-0.4, -0.2) is 48.1 Å². The molecule has 0 saturated carbocycles. The fourth-order valence-electron chi connectivity index (χ4n) is 4.13. The van der Waals surface area contributed by atoms with Crippen LogP contribution < -0.4 is 0 Å². The third-order valence-corrected chi connectivity index (χ3v) is 8.11. The Kier molecular flexibility index (Phi) is 6.08. The summed E-state index contributed by atoms with van der Waals surface area (Å²) in [5.74, 6) is -0.208. The second-order valence-electron chi connectivity index (χ2n) is 8.24. The molecule has 172 valence electrons. The molecule has 34 heavy (non-hydrogen) atoms. The summed E-state index contributed by atoms with van der Waals surface area (Å²) in [5, 5.41) is 2.24. The van der Waals surface area contributed by atoms with Crippen molar-refractivity contribution in [2.75, 3.05) is 19.6 Å². The second kappa shape index (κ2) is 9.18. The van der Waals surface area contributed by atoms with Crippen LogP contribution in [0.4, 0.5) is 0 Å². The molecule has 0 N–H and O–H groups in total. The molecule has 2 heterocycles. The Balaban J connectivity index is 1.27. The van der Waals surface area contributed by atoms with Gasteiger partial charge in [0.25, 0.3) is 0 Å². The van der Waals surface area contributed by atoms with E-state index in [0.29, 0.717) is 18.1 Å². The van der Waals surface area contributed by atoms with E-state index in [2.05, 4.69) is 4.98 Å². The van der Waals surface area contributed by atoms with Gasteiger partial charge in [-0.25, -0.2) is 8.42 Å². The number of nitrogens with zero attached hydrogens (tertiary/aromatic N) is 3. The maximum Gasteiger partial charge on any atom is 0.243 e. The number of carbonyl (C=O) groups excluding carboxylic acids is 1. The first kappa shape index (κ1) is 22.5. The van der Waals surface area contributed by atoms with E-state index in [1.807, 2.05) is 36.4 Å². The number of benzene rings is 3. The van der Waals surface area contributed by atoms with E-state index >= 15 is 0 Å². The summed E-state index contributed by atoms with van der Waals surface area (Å²) < 4.78 is 27.7. The summed E-state index contributed by atoms with van der Waals surface area (Å²) in [4.78, 5) is 18.7. The molecule has 0 spiro atoms. The molecular formula is C26H22ClN3O3S. The van der Waals surface area contributed by atoms with Crippen molar-refractivity contribution in [3.05, 3.63) is 95.8 Å². The molecule has 3 aromatic carbocycles. The normalized spacial score (nSPS) is 15.1. The molecular weight excluding hydrogens is 470 g/mol. The third-order valence-electron chi connectivity index (χ3n) is 6.04. The van der Waals surface area contributed by atoms with Crippen molar-refractivity contribution in [2.45, 2.75) is 11.4 Å². The first-order valence-corrected chi connectivity index (χ1v) is 12.7. The molecule has 1 amide bonds. The Morgan fingerprint density at radius 1 is 0.824 bits per heavy atom. The molecule has 1 aliphatic rings. The average Bonchev–Trinajstić information content (AvgIpc) is 2.86. The minimum absolute atomic E-state index is 0.171. The molecule has 0 aliphatic carbocycles. The molecule has 1 aliphatic heterocycles. The van der Waals surface area contributed by atoms with Gasteiger partial charge in [0.05, 0.1) is 11.4 Å². The van der Waals surface area contributed by atoms with Gasteiger partial charge in [-0.2, -0.15) is 4.31 Å². The fourth-order valence-corrected chi connectivity index (χ4v) is 5.73. The average molecular weight is 492 g/mol. The number of hydrogen-bond donors (Lipinski definition) is 0. The van der Waals surface area contributed by atoms with Gasteiger partial charge >= 0.3 is 0 Å². The van der Waals surface area contributed by atoms with Crippen LogP contribution in [0, 0.1) is 0 Å². The first-order chi connectivity index (χ1) is 16.4. The largest absolute Gasteiger partial charge is 0.336 e. The van der Waals surface area contributed by atoms with E-state index < -0.39 is 10.0 Å². The van der Waals surface area contributed by atoms with Gasteiger partial charge in [-0.3, -0.25) is 9.78 Å². The van der Waals surface area contributed by atoms with E-state index in [9.17, 15) is 13.2 Å². The Hall–Kier alpha value is -3.26. The molecule has 6 nitrogen and oxygen atoms in total. The summed E-state index contributed by atoms with van der Waals surface area (Å²) in [5.41, 5.74) is 3.15. The highest BCUT2D eigenvalue weighted by Gasteiger charge is 2.32. The van der Waals surface area contributed by atoms with Crippen LogP contribution in [0.1, 0.15) is 5.56 Å². The quantitative estimate of drug-likeness (QED) is 0.409. The number of pyridine rings is 1. The molecule has 8 heteroatoms. The van der Waals surface area contributed by atoms with Crippen molar-refractivity contribution < 1.29 is 13.2 Å². The molecule has 0 radical (unpaired) electrons. The molecule has 5 rings (SSSR count). The highest BCUT2D eigenvalue weighted by Crippen LogP contribution is 2.26. The number of hydrogen-bond acceptors (Lipinski definition) is 4. The lowest BCUT2D eigenvalue weighted by Gasteiger charge is -2.33. The van der Waals surface area contributed by atoms with Gasteiger partial charge in [0.15, 0.2) is 0 Å². The van der Waals surface area contributed by atoms with Crippen LogP contribution in [0.15, 0.2) is 90.1 Å². The Labute approximate surface area is 203 Å². The van der Waals surface area contributed by atoms with Crippen molar-refractivity contribution in [2.24, 2.45) is 0 Å². The zero-order valence-corrected chi connectivity index (χ0v) is 19.8. The zero-order valence-electron chi connectivity index (χ0n) is 18.3. The van der Waals surface area contributed by atoms with Crippen LogP contribution in [0.25, 0.3) is 21.9 Å². The number of rotatable bonds is 5. The van der Waals surface area contributed by atoms with Gasteiger partial charge in [-0.05, 0) is 63.9 Å². The van der Waals surface area contributed by atoms with Crippen molar-refractivity contribution in [1.82, 2.24) is 14.2 Å². The van der Waals surface area contributed by atoms with Crippen LogP contribution >= 0.6 is 11.6 Å². The van der Waals surface area contributed by atoms with Crippen LogP contribution in [0.3, 0.4) is 0 Å². The Morgan fingerprint density at radius 3 is 2.24 bits per heavy atom. The number of piperazine rings is 1.